The van der Waals surface area contributed by atoms with Crippen LogP contribution in [0.2, 0.25) is 0 Å². The highest BCUT2D eigenvalue weighted by Crippen LogP contribution is 2.47. The number of hydrogen-bond acceptors (Lipinski definition) is 8. The first-order chi connectivity index (χ1) is 19.7. The Morgan fingerprint density at radius 1 is 1.22 bits per heavy atom. The van der Waals surface area contributed by atoms with Gasteiger partial charge in [-0.3, -0.25) is 4.79 Å². The van der Waals surface area contributed by atoms with Crippen molar-refractivity contribution in [2.24, 2.45) is 5.92 Å². The molecule has 1 aliphatic heterocycles. The quantitative estimate of drug-likeness (QED) is 0.201. The molecular weight excluding hydrogens is 544 g/mol. The van der Waals surface area contributed by atoms with E-state index in [2.05, 4.69) is 21.9 Å². The maximum atomic E-state index is 13.3. The zero-order chi connectivity index (χ0) is 28.8. The van der Waals surface area contributed by atoms with Crippen molar-refractivity contribution in [3.8, 4) is 22.8 Å². The van der Waals surface area contributed by atoms with Gasteiger partial charge in [0, 0.05) is 42.0 Å². The molecule has 1 amide bonds. The van der Waals surface area contributed by atoms with Gasteiger partial charge in [0.2, 0.25) is 15.9 Å². The Hall–Kier alpha value is -3.51. The molecule has 1 saturated heterocycles. The van der Waals surface area contributed by atoms with Gasteiger partial charge in [-0.1, -0.05) is 36.4 Å². The van der Waals surface area contributed by atoms with Gasteiger partial charge in [0.1, 0.15) is 23.8 Å². The van der Waals surface area contributed by atoms with Crippen molar-refractivity contribution in [2.45, 2.75) is 54.8 Å². The van der Waals surface area contributed by atoms with Gasteiger partial charge in [-0.2, -0.15) is 4.72 Å². The van der Waals surface area contributed by atoms with E-state index >= 15 is 0 Å². The van der Waals surface area contributed by atoms with E-state index in [0.29, 0.717) is 43.7 Å². The first-order valence-corrected chi connectivity index (χ1v) is 15.3. The first kappa shape index (κ1) is 27.6. The molecule has 216 valence electrons. The smallest absolute Gasteiger partial charge is 0.237 e. The molecule has 0 radical (unpaired) electrons. The minimum Gasteiger partial charge on any atom is -0.497 e. The van der Waals surface area contributed by atoms with Gasteiger partial charge in [-0.05, 0) is 31.4 Å². The molecular formula is C30H34N4O6S. The standard InChI is InChI=1S/C30H34N4O6S/c1-3-19-16-30(19,29(36)34-41(37,38)22-10-11-22)33-28(35)26-14-21(17-31-26)40-27-15-24(18-7-5-4-6-8-18)32-25-13-20(39-2)9-12-23(25)27/h3-9,12-13,15,19,21-22,26,29,31,34,36H,1,10-11,14,16-17H2,2H3,(H,33,35). The third-order valence-electron chi connectivity index (χ3n) is 8.18. The van der Waals surface area contributed by atoms with E-state index in [-0.39, 0.29) is 17.9 Å². The molecule has 2 heterocycles. The molecule has 0 bridgehead atoms. The zero-order valence-electron chi connectivity index (χ0n) is 22.7. The van der Waals surface area contributed by atoms with Crippen LogP contribution < -0.4 is 24.8 Å². The van der Waals surface area contributed by atoms with Gasteiger partial charge in [0.15, 0.2) is 0 Å². The van der Waals surface area contributed by atoms with Crippen molar-refractivity contribution in [3.63, 3.8) is 0 Å². The van der Waals surface area contributed by atoms with Crippen LogP contribution in [-0.2, 0) is 14.8 Å². The number of pyridine rings is 1. The second-order valence-corrected chi connectivity index (χ2v) is 13.0. The number of fused-ring (bicyclic) bond motifs is 1. The van der Waals surface area contributed by atoms with E-state index in [1.165, 1.54) is 0 Å². The lowest BCUT2D eigenvalue weighted by atomic mass is 10.1. The number of aliphatic hydroxyl groups excluding tert-OH is 1. The van der Waals surface area contributed by atoms with Crippen LogP contribution in [0, 0.1) is 5.92 Å². The average Bonchev–Trinajstić information content (AvgIpc) is 3.90. The van der Waals surface area contributed by atoms with Crippen molar-refractivity contribution in [1.82, 2.24) is 20.3 Å². The number of benzene rings is 2. The van der Waals surface area contributed by atoms with E-state index in [1.807, 2.05) is 54.6 Å². The Bertz CT molecular complexity index is 1580. The number of rotatable bonds is 11. The second kappa shape index (κ2) is 10.7. The Morgan fingerprint density at radius 2 is 2.00 bits per heavy atom. The molecule has 11 heteroatoms. The summed E-state index contributed by atoms with van der Waals surface area (Å²) in [6, 6.07) is 16.8. The summed E-state index contributed by atoms with van der Waals surface area (Å²) in [5.74, 6) is 0.779. The molecule has 0 spiro atoms. The van der Waals surface area contributed by atoms with Crippen molar-refractivity contribution in [2.75, 3.05) is 13.7 Å². The molecule has 10 nitrogen and oxygen atoms in total. The summed E-state index contributed by atoms with van der Waals surface area (Å²) in [4.78, 5) is 18.2. The van der Waals surface area contributed by atoms with Crippen LogP contribution in [0.4, 0.5) is 0 Å². The van der Waals surface area contributed by atoms with Crippen molar-refractivity contribution in [1.29, 1.82) is 0 Å². The number of nitrogens with one attached hydrogen (secondary N) is 3. The fourth-order valence-electron chi connectivity index (χ4n) is 5.51. The maximum Gasteiger partial charge on any atom is 0.237 e. The van der Waals surface area contributed by atoms with Crippen LogP contribution in [0.5, 0.6) is 11.5 Å². The minimum atomic E-state index is -3.64. The lowest BCUT2D eigenvalue weighted by Crippen LogP contribution is -2.58. The number of hydrogen-bond donors (Lipinski definition) is 4. The van der Waals surface area contributed by atoms with Crippen LogP contribution in [0.1, 0.15) is 25.7 Å². The number of nitrogens with zero attached hydrogens (tertiary/aromatic N) is 1. The summed E-state index contributed by atoms with van der Waals surface area (Å²) >= 11 is 0. The van der Waals surface area contributed by atoms with Crippen LogP contribution in [0.15, 0.2) is 67.3 Å². The van der Waals surface area contributed by atoms with Gasteiger partial charge in [0.05, 0.1) is 35.2 Å². The van der Waals surface area contributed by atoms with Crippen LogP contribution >= 0.6 is 0 Å². The van der Waals surface area contributed by atoms with Crippen molar-refractivity contribution < 1.29 is 27.8 Å². The average molecular weight is 579 g/mol. The predicted molar refractivity (Wildman–Crippen MR) is 155 cm³/mol. The van der Waals surface area contributed by atoms with Crippen molar-refractivity contribution >= 4 is 26.8 Å². The molecule has 3 aromatic rings. The van der Waals surface area contributed by atoms with Gasteiger partial charge in [-0.15, -0.1) is 6.58 Å². The summed E-state index contributed by atoms with van der Waals surface area (Å²) in [5, 5.41) is 17.3. The molecule has 2 aliphatic carbocycles. The molecule has 2 aromatic carbocycles. The van der Waals surface area contributed by atoms with E-state index < -0.39 is 33.1 Å². The van der Waals surface area contributed by atoms with Gasteiger partial charge in [-0.25, -0.2) is 13.4 Å². The molecule has 3 fully saturated rings. The van der Waals surface area contributed by atoms with Crippen LogP contribution in [0.3, 0.4) is 0 Å². The van der Waals surface area contributed by atoms with E-state index in [1.54, 1.807) is 13.2 Å². The highest BCUT2D eigenvalue weighted by atomic mass is 32.2. The number of aliphatic hydroxyl groups is 1. The third kappa shape index (κ3) is 5.54. The van der Waals surface area contributed by atoms with Gasteiger partial charge >= 0.3 is 0 Å². The lowest BCUT2D eigenvalue weighted by molar-refractivity contribution is -0.125. The lowest BCUT2D eigenvalue weighted by Gasteiger charge is -2.27. The number of methoxy groups -OCH3 is 1. The molecule has 6 rings (SSSR count). The Labute approximate surface area is 239 Å². The minimum absolute atomic E-state index is 0.242. The normalized spacial score (nSPS) is 26.3. The van der Waals surface area contributed by atoms with E-state index in [9.17, 15) is 18.3 Å². The number of ether oxygens (including phenoxy) is 2. The second-order valence-electron chi connectivity index (χ2n) is 11.0. The number of sulfonamides is 1. The zero-order valence-corrected chi connectivity index (χ0v) is 23.6. The Kier molecular flexibility index (Phi) is 7.23. The molecule has 5 unspecified atom stereocenters. The third-order valence-corrected chi connectivity index (χ3v) is 10.1. The molecule has 3 aliphatic rings. The summed E-state index contributed by atoms with van der Waals surface area (Å²) in [5.41, 5.74) is 1.32. The van der Waals surface area contributed by atoms with Gasteiger partial charge in [0.25, 0.3) is 0 Å². The summed E-state index contributed by atoms with van der Waals surface area (Å²) in [6.07, 6.45) is 1.84. The SMILES string of the molecule is C=CC1CC1(NC(=O)C1CC(Oc2cc(-c3ccccc3)nc3cc(OC)ccc23)CN1)C(O)NS(=O)(=O)C1CC1. The monoisotopic (exact) mass is 578 g/mol. The molecule has 1 aromatic heterocycles. The largest absolute Gasteiger partial charge is 0.497 e. The highest BCUT2D eigenvalue weighted by Gasteiger charge is 2.60. The molecule has 2 saturated carbocycles. The molecule has 4 N–H and O–H groups in total. The number of aromatic nitrogens is 1. The summed E-state index contributed by atoms with van der Waals surface area (Å²) in [7, 11) is -2.03. The predicted octanol–water partition coefficient (Wildman–Crippen LogP) is 2.48. The Morgan fingerprint density at radius 3 is 2.68 bits per heavy atom. The summed E-state index contributed by atoms with van der Waals surface area (Å²) in [6.45, 7) is 4.22. The van der Waals surface area contributed by atoms with Crippen LogP contribution in [0.25, 0.3) is 22.2 Å². The van der Waals surface area contributed by atoms with Crippen molar-refractivity contribution in [3.05, 3.63) is 67.3 Å². The van der Waals surface area contributed by atoms with E-state index in [4.69, 9.17) is 14.5 Å². The fraction of sp³-hybridized carbons (Fsp3) is 0.400. The van der Waals surface area contributed by atoms with Crippen LogP contribution in [-0.4, -0.2) is 67.2 Å². The number of carbonyl (C=O) groups is 1. The molecule has 5 atom stereocenters. The first-order valence-electron chi connectivity index (χ1n) is 13.8. The summed E-state index contributed by atoms with van der Waals surface area (Å²) < 4.78 is 39.1. The fourth-order valence-corrected chi connectivity index (χ4v) is 6.98. The van der Waals surface area contributed by atoms with E-state index in [0.717, 1.165) is 22.2 Å². The molecule has 41 heavy (non-hydrogen) atoms. The maximum absolute atomic E-state index is 13.3. The number of carbonyl (C=O) groups excluding carboxylic acids is 1. The Balaban J connectivity index is 1.17. The number of amides is 1. The van der Waals surface area contributed by atoms with Gasteiger partial charge < -0.3 is 25.2 Å². The highest BCUT2D eigenvalue weighted by molar-refractivity contribution is 7.90. The topological polar surface area (TPSA) is 139 Å².